The Morgan fingerprint density at radius 3 is 2.80 bits per heavy atom. The highest BCUT2D eigenvalue weighted by Gasteiger charge is 2.04. The van der Waals surface area contributed by atoms with Crippen LogP contribution in [0.25, 0.3) is 5.57 Å². The lowest BCUT2D eigenvalue weighted by atomic mass is 9.97. The quantitative estimate of drug-likeness (QED) is 0.665. The van der Waals surface area contributed by atoms with Crippen LogP contribution < -0.4 is 0 Å². The molecule has 1 rings (SSSR count). The first kappa shape index (κ1) is 12.2. The minimum atomic E-state index is 0.528. The van der Waals surface area contributed by atoms with Gasteiger partial charge < -0.3 is 4.43 Å². The van der Waals surface area contributed by atoms with Crippen LogP contribution in [0.1, 0.15) is 30.9 Å². The molecule has 0 fully saturated rings. The normalized spacial score (nSPS) is 10.3. The molecule has 0 saturated heterocycles. The van der Waals surface area contributed by atoms with Crippen LogP contribution in [0.15, 0.2) is 30.8 Å². The molecule has 1 nitrogen and oxygen atoms in total. The predicted octanol–water partition coefficient (Wildman–Crippen LogP) is 3.14. The Morgan fingerprint density at radius 1 is 1.40 bits per heavy atom. The highest BCUT2D eigenvalue weighted by Crippen LogP contribution is 2.19. The molecule has 0 bridgehead atoms. The molecule has 3 radical (unpaired) electrons. The average Bonchev–Trinajstić information content (AvgIpc) is 2.27. The zero-order chi connectivity index (χ0) is 11.1. The molecule has 1 aromatic carbocycles. The van der Waals surface area contributed by atoms with Crippen LogP contribution in [-0.2, 0) is 10.8 Å². The third-order valence-electron chi connectivity index (χ3n) is 2.44. The zero-order valence-electron chi connectivity index (χ0n) is 9.25. The van der Waals surface area contributed by atoms with Crippen LogP contribution in [-0.4, -0.2) is 17.1 Å². The van der Waals surface area contributed by atoms with Crippen LogP contribution in [0.4, 0.5) is 0 Å². The van der Waals surface area contributed by atoms with Crippen molar-refractivity contribution in [3.63, 3.8) is 0 Å². The van der Waals surface area contributed by atoms with E-state index >= 15 is 0 Å². The smallest absolute Gasteiger partial charge is 0.246 e. The summed E-state index contributed by atoms with van der Waals surface area (Å²) in [5.41, 5.74) is 3.62. The first-order valence-electron chi connectivity index (χ1n) is 5.34. The highest BCUT2D eigenvalue weighted by molar-refractivity contribution is 5.98. The fourth-order valence-corrected chi connectivity index (χ4v) is 1.79. The Balaban J connectivity index is 2.80. The number of rotatable bonds is 6. The molecule has 2 heteroatoms. The van der Waals surface area contributed by atoms with E-state index in [-0.39, 0.29) is 0 Å². The van der Waals surface area contributed by atoms with Crippen molar-refractivity contribution in [2.24, 2.45) is 0 Å². The van der Waals surface area contributed by atoms with Gasteiger partial charge in [0.15, 0.2) is 0 Å². The van der Waals surface area contributed by atoms with E-state index in [1.807, 2.05) is 6.07 Å². The van der Waals surface area contributed by atoms with E-state index in [1.165, 1.54) is 24.0 Å². The van der Waals surface area contributed by atoms with Gasteiger partial charge in [0.25, 0.3) is 0 Å². The first-order chi connectivity index (χ1) is 7.29. The maximum atomic E-state index is 4.92. The molecule has 1 aromatic rings. The summed E-state index contributed by atoms with van der Waals surface area (Å²) in [6.07, 6.45) is 3.56. The first-order valence-corrected chi connectivity index (χ1v) is 5.75. The van der Waals surface area contributed by atoms with Crippen molar-refractivity contribution < 1.29 is 4.43 Å². The van der Waals surface area contributed by atoms with E-state index in [2.05, 4.69) is 42.2 Å². The number of benzene rings is 1. The van der Waals surface area contributed by atoms with Gasteiger partial charge in [0, 0.05) is 0 Å². The minimum Gasteiger partial charge on any atom is -0.414 e. The van der Waals surface area contributed by atoms with E-state index in [1.54, 1.807) is 0 Å². The topological polar surface area (TPSA) is 9.23 Å². The standard InChI is InChI=1S/C13H17OSi/c1-3-4-7-12-8-5-6-9-13(12)11(2)10-14-15/h5-6,8-9H,2-4,7,10H2,1H3. The van der Waals surface area contributed by atoms with Gasteiger partial charge in [-0.05, 0) is 29.5 Å². The Labute approximate surface area is 95.7 Å². The Bertz CT molecular complexity index is 320. The van der Waals surface area contributed by atoms with Crippen molar-refractivity contribution in [1.82, 2.24) is 0 Å². The molecule has 0 atom stereocenters. The number of hydrogen-bond acceptors (Lipinski definition) is 1. The summed E-state index contributed by atoms with van der Waals surface area (Å²) in [4.78, 5) is 0. The number of hydrogen-bond donors (Lipinski definition) is 0. The van der Waals surface area contributed by atoms with E-state index in [4.69, 9.17) is 4.43 Å². The molecule has 0 heterocycles. The fourth-order valence-electron chi connectivity index (χ4n) is 1.62. The third kappa shape index (κ3) is 3.65. The summed E-state index contributed by atoms with van der Waals surface area (Å²) in [7, 11) is 3.01. The summed E-state index contributed by atoms with van der Waals surface area (Å²) in [5, 5.41) is 0. The van der Waals surface area contributed by atoms with E-state index in [9.17, 15) is 0 Å². The Hall–Kier alpha value is -0.863. The van der Waals surface area contributed by atoms with E-state index in [0.29, 0.717) is 6.61 Å². The number of unbranched alkanes of at least 4 members (excludes halogenated alkanes) is 1. The van der Waals surface area contributed by atoms with Gasteiger partial charge in [0.05, 0.1) is 6.61 Å². The molecule has 0 aromatic heterocycles. The fraction of sp³-hybridized carbons (Fsp3) is 0.385. The monoisotopic (exact) mass is 217 g/mol. The van der Waals surface area contributed by atoms with Crippen molar-refractivity contribution in [2.45, 2.75) is 26.2 Å². The van der Waals surface area contributed by atoms with Gasteiger partial charge in [-0.3, -0.25) is 0 Å². The van der Waals surface area contributed by atoms with Gasteiger partial charge in [-0.1, -0.05) is 44.2 Å². The van der Waals surface area contributed by atoms with Crippen molar-refractivity contribution in [3.05, 3.63) is 42.0 Å². The molecule has 79 valence electrons. The SMILES string of the molecule is C=C(CO[Si])c1ccccc1CCCC. The zero-order valence-corrected chi connectivity index (χ0v) is 10.3. The van der Waals surface area contributed by atoms with Crippen molar-refractivity contribution in [1.29, 1.82) is 0 Å². The van der Waals surface area contributed by atoms with Gasteiger partial charge in [-0.15, -0.1) is 0 Å². The molecule has 0 aliphatic carbocycles. The molecular formula is C13H17OSi. The van der Waals surface area contributed by atoms with Crippen LogP contribution in [0.3, 0.4) is 0 Å². The van der Waals surface area contributed by atoms with Crippen LogP contribution >= 0.6 is 0 Å². The van der Waals surface area contributed by atoms with Gasteiger partial charge in [0.1, 0.15) is 0 Å². The number of aryl methyl sites for hydroxylation is 1. The van der Waals surface area contributed by atoms with Crippen LogP contribution in [0, 0.1) is 0 Å². The second kappa shape index (κ2) is 6.59. The van der Waals surface area contributed by atoms with Crippen molar-refractivity contribution in [3.8, 4) is 0 Å². The molecule has 0 aliphatic rings. The Kier molecular flexibility index (Phi) is 5.36. The molecule has 15 heavy (non-hydrogen) atoms. The molecule has 0 unspecified atom stereocenters. The molecule has 0 saturated carbocycles. The highest BCUT2D eigenvalue weighted by atomic mass is 28.2. The largest absolute Gasteiger partial charge is 0.414 e. The van der Waals surface area contributed by atoms with Crippen molar-refractivity contribution in [2.75, 3.05) is 6.61 Å². The van der Waals surface area contributed by atoms with E-state index < -0.39 is 0 Å². The van der Waals surface area contributed by atoms with Gasteiger partial charge in [0.2, 0.25) is 10.5 Å². The van der Waals surface area contributed by atoms with E-state index in [0.717, 1.165) is 12.0 Å². The lowest BCUT2D eigenvalue weighted by Gasteiger charge is -2.11. The summed E-state index contributed by atoms with van der Waals surface area (Å²) < 4.78 is 4.92. The molecule has 0 N–H and O–H groups in total. The second-order valence-electron chi connectivity index (χ2n) is 3.65. The third-order valence-corrected chi connectivity index (χ3v) is 2.59. The molecular weight excluding hydrogens is 200 g/mol. The predicted molar refractivity (Wildman–Crippen MR) is 65.8 cm³/mol. The molecule has 0 spiro atoms. The summed E-state index contributed by atoms with van der Waals surface area (Å²) >= 11 is 0. The van der Waals surface area contributed by atoms with Crippen LogP contribution in [0.2, 0.25) is 0 Å². The minimum absolute atomic E-state index is 0.528. The molecule has 0 amide bonds. The maximum Gasteiger partial charge on any atom is 0.246 e. The summed E-state index contributed by atoms with van der Waals surface area (Å²) in [6.45, 7) is 6.76. The second-order valence-corrected chi connectivity index (χ2v) is 3.94. The van der Waals surface area contributed by atoms with Crippen LogP contribution in [0.5, 0.6) is 0 Å². The van der Waals surface area contributed by atoms with Gasteiger partial charge in [-0.2, -0.15) is 0 Å². The Morgan fingerprint density at radius 2 is 2.13 bits per heavy atom. The van der Waals surface area contributed by atoms with Crippen molar-refractivity contribution >= 4 is 16.1 Å². The summed E-state index contributed by atoms with van der Waals surface area (Å²) in [6, 6.07) is 8.41. The lowest BCUT2D eigenvalue weighted by molar-refractivity contribution is 0.409. The maximum absolute atomic E-state index is 4.92. The van der Waals surface area contributed by atoms with Gasteiger partial charge >= 0.3 is 0 Å². The average molecular weight is 217 g/mol. The van der Waals surface area contributed by atoms with Gasteiger partial charge in [-0.25, -0.2) is 0 Å². The summed E-state index contributed by atoms with van der Waals surface area (Å²) in [5.74, 6) is 0. The molecule has 0 aliphatic heterocycles. The lowest BCUT2D eigenvalue weighted by Crippen LogP contribution is -1.98.